The van der Waals surface area contributed by atoms with Gasteiger partial charge in [-0.2, -0.15) is 0 Å². The Morgan fingerprint density at radius 2 is 2.07 bits per heavy atom. The van der Waals surface area contributed by atoms with Crippen LogP contribution in [0.25, 0.3) is 10.2 Å². The van der Waals surface area contributed by atoms with Gasteiger partial charge in [0.05, 0.1) is 32.3 Å². The lowest BCUT2D eigenvalue weighted by atomic mass is 10.2. The van der Waals surface area contributed by atoms with Crippen LogP contribution in [0.1, 0.15) is 21.8 Å². The van der Waals surface area contributed by atoms with Gasteiger partial charge in [-0.1, -0.05) is 12.1 Å². The molecule has 1 amide bonds. The van der Waals surface area contributed by atoms with Crippen LogP contribution in [0.2, 0.25) is 0 Å². The quantitative estimate of drug-likeness (QED) is 0.689. The van der Waals surface area contributed by atoms with Gasteiger partial charge < -0.3 is 5.32 Å². The molecule has 0 spiro atoms. The molecule has 1 aromatic heterocycles. The Morgan fingerprint density at radius 3 is 2.85 bits per heavy atom. The number of benzene rings is 2. The number of aryl methyl sites for hydroxylation is 1. The van der Waals surface area contributed by atoms with Crippen molar-refractivity contribution < 1.29 is 13.2 Å². The summed E-state index contributed by atoms with van der Waals surface area (Å²) in [5.74, 6) is 0.210. The number of hydrogen-bond donors (Lipinski definition) is 1. The van der Waals surface area contributed by atoms with E-state index in [1.807, 2.05) is 43.3 Å². The molecule has 0 radical (unpaired) electrons. The van der Waals surface area contributed by atoms with Crippen LogP contribution in [0.3, 0.4) is 0 Å². The summed E-state index contributed by atoms with van der Waals surface area (Å²) in [4.78, 5) is 18.1. The lowest BCUT2D eigenvalue weighted by Gasteiger charge is -2.12. The molecule has 4 rings (SSSR count). The predicted molar refractivity (Wildman–Crippen MR) is 112 cm³/mol. The van der Waals surface area contributed by atoms with E-state index in [2.05, 4.69) is 10.3 Å². The first kappa shape index (κ1) is 18.5. The van der Waals surface area contributed by atoms with Crippen molar-refractivity contribution in [1.29, 1.82) is 0 Å². The molecule has 3 aromatic rings. The van der Waals surface area contributed by atoms with Crippen LogP contribution < -0.4 is 5.32 Å². The summed E-state index contributed by atoms with van der Waals surface area (Å²) in [5, 5.41) is 3.94. The number of nitrogens with zero attached hydrogens (tertiary/aromatic N) is 1. The lowest BCUT2D eigenvalue weighted by molar-refractivity contribution is 0.102. The van der Waals surface area contributed by atoms with Gasteiger partial charge >= 0.3 is 0 Å². The van der Waals surface area contributed by atoms with Gasteiger partial charge in [0.15, 0.2) is 9.84 Å². The van der Waals surface area contributed by atoms with Crippen LogP contribution in [0.15, 0.2) is 47.4 Å². The van der Waals surface area contributed by atoms with E-state index < -0.39 is 9.84 Å². The van der Waals surface area contributed by atoms with E-state index in [0.29, 0.717) is 12.0 Å². The van der Waals surface area contributed by atoms with Gasteiger partial charge in [0.25, 0.3) is 5.91 Å². The molecule has 0 aliphatic carbocycles. The zero-order valence-corrected chi connectivity index (χ0v) is 17.1. The minimum atomic E-state index is -2.94. The molecular weight excluding hydrogens is 400 g/mol. The number of thioether (sulfide) groups is 1. The number of amides is 1. The number of nitrogens with one attached hydrogen (secondary N) is 1. The van der Waals surface area contributed by atoms with Gasteiger partial charge in [0.2, 0.25) is 0 Å². The molecule has 1 fully saturated rings. The largest absolute Gasteiger partial charge is 0.322 e. The molecule has 1 saturated heterocycles. The molecule has 1 aliphatic heterocycles. The number of thiazole rings is 1. The van der Waals surface area contributed by atoms with E-state index in [1.54, 1.807) is 17.4 Å². The fraction of sp³-hybridized carbons (Fsp3) is 0.263. The SMILES string of the molecule is Cc1nc2ccc(NC(=O)c3ccccc3SC3CCS(=O)(=O)C3)cc2s1. The fourth-order valence-electron chi connectivity index (χ4n) is 3.11. The van der Waals surface area contributed by atoms with Gasteiger partial charge in [-0.25, -0.2) is 13.4 Å². The van der Waals surface area contributed by atoms with Crippen molar-refractivity contribution in [3.8, 4) is 0 Å². The summed E-state index contributed by atoms with van der Waals surface area (Å²) in [5.41, 5.74) is 2.21. The average Bonchev–Trinajstić information content (AvgIpc) is 3.15. The third-order valence-corrected chi connectivity index (χ3v) is 8.63. The van der Waals surface area contributed by atoms with Gasteiger partial charge in [-0.3, -0.25) is 4.79 Å². The molecule has 1 atom stereocenters. The number of rotatable bonds is 4. The molecule has 140 valence electrons. The van der Waals surface area contributed by atoms with Crippen LogP contribution >= 0.6 is 23.1 Å². The Hall–Kier alpha value is -1.90. The average molecular weight is 419 g/mol. The summed E-state index contributed by atoms with van der Waals surface area (Å²) in [6.07, 6.45) is 0.629. The lowest BCUT2D eigenvalue weighted by Crippen LogP contribution is -2.14. The summed E-state index contributed by atoms with van der Waals surface area (Å²) in [6, 6.07) is 13.0. The van der Waals surface area contributed by atoms with Crippen molar-refractivity contribution in [2.45, 2.75) is 23.5 Å². The van der Waals surface area contributed by atoms with E-state index in [0.717, 1.165) is 25.8 Å². The Kier molecular flexibility index (Phi) is 4.96. The van der Waals surface area contributed by atoms with Crippen LogP contribution in [-0.2, 0) is 9.84 Å². The number of hydrogen-bond acceptors (Lipinski definition) is 6. The molecule has 27 heavy (non-hydrogen) atoms. The topological polar surface area (TPSA) is 76.1 Å². The second-order valence-electron chi connectivity index (χ2n) is 6.51. The van der Waals surface area contributed by atoms with Crippen LogP contribution in [0.5, 0.6) is 0 Å². The van der Waals surface area contributed by atoms with Gasteiger partial charge in [0, 0.05) is 15.8 Å². The number of carbonyl (C=O) groups excluding carboxylic acids is 1. The van der Waals surface area contributed by atoms with Crippen LogP contribution in [0, 0.1) is 6.92 Å². The maximum absolute atomic E-state index is 12.8. The van der Waals surface area contributed by atoms with Gasteiger partial charge in [-0.15, -0.1) is 23.1 Å². The Bertz CT molecular complexity index is 1120. The zero-order valence-electron chi connectivity index (χ0n) is 14.6. The molecular formula is C19H18N2O3S3. The molecule has 2 heterocycles. The Morgan fingerprint density at radius 1 is 1.26 bits per heavy atom. The van der Waals surface area contributed by atoms with Crippen molar-refractivity contribution in [2.75, 3.05) is 16.8 Å². The number of aromatic nitrogens is 1. The highest BCUT2D eigenvalue weighted by atomic mass is 32.2. The molecule has 0 saturated carbocycles. The maximum Gasteiger partial charge on any atom is 0.256 e. The zero-order chi connectivity index (χ0) is 19.0. The molecule has 0 bridgehead atoms. The first-order chi connectivity index (χ1) is 12.9. The standard InChI is InChI=1S/C19H18N2O3S3/c1-12-20-16-7-6-13(10-18(16)25-12)21-19(22)15-4-2-3-5-17(15)26-14-8-9-27(23,24)11-14/h2-7,10,14H,8-9,11H2,1H3,(H,21,22). The van der Waals surface area contributed by atoms with Crippen molar-refractivity contribution in [1.82, 2.24) is 4.98 Å². The fourth-order valence-corrected chi connectivity index (χ4v) is 7.60. The van der Waals surface area contributed by atoms with Gasteiger partial charge in [0.1, 0.15) is 0 Å². The third kappa shape index (κ3) is 4.17. The summed E-state index contributed by atoms with van der Waals surface area (Å²) in [7, 11) is -2.94. The monoisotopic (exact) mass is 418 g/mol. The van der Waals surface area contributed by atoms with Crippen molar-refractivity contribution >= 4 is 54.7 Å². The predicted octanol–water partition coefficient (Wildman–Crippen LogP) is 4.14. The normalized spacial score (nSPS) is 18.6. The van der Waals surface area contributed by atoms with Crippen molar-refractivity contribution in [2.24, 2.45) is 0 Å². The van der Waals surface area contributed by atoms with E-state index in [-0.39, 0.29) is 22.7 Å². The first-order valence-corrected chi connectivity index (χ1v) is 12.1. The molecule has 1 N–H and O–H groups in total. The highest BCUT2D eigenvalue weighted by molar-refractivity contribution is 8.02. The van der Waals surface area contributed by atoms with E-state index in [9.17, 15) is 13.2 Å². The van der Waals surface area contributed by atoms with E-state index in [1.165, 1.54) is 11.8 Å². The van der Waals surface area contributed by atoms with Gasteiger partial charge in [-0.05, 0) is 43.7 Å². The number of sulfone groups is 1. The summed E-state index contributed by atoms with van der Waals surface area (Å²) < 4.78 is 24.4. The second kappa shape index (κ2) is 7.26. The van der Waals surface area contributed by atoms with Crippen molar-refractivity contribution in [3.05, 3.63) is 53.0 Å². The molecule has 1 unspecified atom stereocenters. The second-order valence-corrected chi connectivity index (χ2v) is 11.3. The van der Waals surface area contributed by atoms with Crippen LogP contribution in [-0.4, -0.2) is 36.1 Å². The minimum Gasteiger partial charge on any atom is -0.322 e. The highest BCUT2D eigenvalue weighted by Crippen LogP contribution is 2.33. The number of fused-ring (bicyclic) bond motifs is 1. The maximum atomic E-state index is 12.8. The summed E-state index contributed by atoms with van der Waals surface area (Å²) in [6.45, 7) is 1.96. The van der Waals surface area contributed by atoms with Crippen LogP contribution in [0.4, 0.5) is 5.69 Å². The number of anilines is 1. The minimum absolute atomic E-state index is 0.000434. The van der Waals surface area contributed by atoms with E-state index >= 15 is 0 Å². The Labute approximate surface area is 166 Å². The van der Waals surface area contributed by atoms with E-state index in [4.69, 9.17) is 0 Å². The molecule has 5 nitrogen and oxygen atoms in total. The smallest absolute Gasteiger partial charge is 0.256 e. The molecule has 1 aliphatic rings. The van der Waals surface area contributed by atoms with Crippen molar-refractivity contribution in [3.63, 3.8) is 0 Å². The number of carbonyl (C=O) groups is 1. The third-order valence-electron chi connectivity index (χ3n) is 4.37. The molecule has 8 heteroatoms. The highest BCUT2D eigenvalue weighted by Gasteiger charge is 2.29. The first-order valence-electron chi connectivity index (χ1n) is 8.54. The molecule has 2 aromatic carbocycles. The summed E-state index contributed by atoms with van der Waals surface area (Å²) >= 11 is 3.07. The Balaban J connectivity index is 1.54.